The van der Waals surface area contributed by atoms with Gasteiger partial charge in [0.15, 0.2) is 0 Å². The molecule has 1 aromatic rings. The first-order chi connectivity index (χ1) is 9.47. The molecule has 1 aromatic carbocycles. The number of hydrogen-bond donors (Lipinski definition) is 0. The molecule has 1 atom stereocenters. The number of rotatable bonds is 3. The van der Waals surface area contributed by atoms with Crippen molar-refractivity contribution in [2.24, 2.45) is 5.92 Å². The molecule has 4 nitrogen and oxygen atoms in total. The van der Waals surface area contributed by atoms with E-state index in [-0.39, 0.29) is 11.8 Å². The average Bonchev–Trinajstić information content (AvgIpc) is 2.82. The molecule has 4 heteroatoms. The third kappa shape index (κ3) is 2.42. The van der Waals surface area contributed by atoms with Crippen molar-refractivity contribution in [3.8, 4) is 0 Å². The van der Waals surface area contributed by atoms with Crippen molar-refractivity contribution in [2.75, 3.05) is 25.0 Å². The average molecular weight is 274 g/mol. The van der Waals surface area contributed by atoms with Gasteiger partial charge in [0.1, 0.15) is 5.92 Å². The summed E-state index contributed by atoms with van der Waals surface area (Å²) in [4.78, 5) is 28.1. The molecule has 0 radical (unpaired) electrons. The van der Waals surface area contributed by atoms with Crippen molar-refractivity contribution in [1.82, 2.24) is 4.90 Å². The number of hydrogen-bond acceptors (Lipinski definition) is 2. The second kappa shape index (κ2) is 5.65. The number of carbonyl (C=O) groups excluding carboxylic acids is 2. The molecule has 0 N–H and O–H groups in total. The second-order valence-electron chi connectivity index (χ2n) is 5.40. The molecule has 0 aliphatic carbocycles. The SMILES string of the molecule is CCN(C)C(=O)C1CCN(c2cccc(C)c2C)C1=O. The highest BCUT2D eigenvalue weighted by Crippen LogP contribution is 2.30. The van der Waals surface area contributed by atoms with Gasteiger partial charge in [0.05, 0.1) is 0 Å². The molecule has 2 amide bonds. The predicted octanol–water partition coefficient (Wildman–Crippen LogP) is 2.13. The van der Waals surface area contributed by atoms with Gasteiger partial charge in [0.2, 0.25) is 11.8 Å². The smallest absolute Gasteiger partial charge is 0.239 e. The molecule has 0 spiro atoms. The third-order valence-electron chi connectivity index (χ3n) is 4.22. The van der Waals surface area contributed by atoms with Crippen molar-refractivity contribution in [3.05, 3.63) is 29.3 Å². The van der Waals surface area contributed by atoms with Gasteiger partial charge in [-0.2, -0.15) is 0 Å². The van der Waals surface area contributed by atoms with Crippen LogP contribution in [0.3, 0.4) is 0 Å². The molecule has 0 aromatic heterocycles. The van der Waals surface area contributed by atoms with E-state index >= 15 is 0 Å². The fraction of sp³-hybridized carbons (Fsp3) is 0.500. The van der Waals surface area contributed by atoms with E-state index in [1.54, 1.807) is 16.8 Å². The van der Waals surface area contributed by atoms with Crippen molar-refractivity contribution in [2.45, 2.75) is 27.2 Å². The van der Waals surface area contributed by atoms with Gasteiger partial charge in [0.25, 0.3) is 0 Å². The Morgan fingerprint density at radius 3 is 2.75 bits per heavy atom. The predicted molar refractivity (Wildman–Crippen MR) is 79.7 cm³/mol. The lowest BCUT2D eigenvalue weighted by Crippen LogP contribution is -2.38. The van der Waals surface area contributed by atoms with Gasteiger partial charge in [0, 0.05) is 25.8 Å². The van der Waals surface area contributed by atoms with Crippen molar-refractivity contribution < 1.29 is 9.59 Å². The molecule has 1 aliphatic rings. The molecule has 0 saturated carbocycles. The highest BCUT2D eigenvalue weighted by molar-refractivity contribution is 6.09. The molecule has 1 unspecified atom stereocenters. The molecular formula is C16H22N2O2. The van der Waals surface area contributed by atoms with Gasteiger partial charge in [-0.05, 0) is 44.4 Å². The van der Waals surface area contributed by atoms with Crippen LogP contribution < -0.4 is 4.90 Å². The van der Waals surface area contributed by atoms with Gasteiger partial charge in [-0.3, -0.25) is 9.59 Å². The standard InChI is InChI=1S/C16H22N2O2/c1-5-17(4)15(19)13-9-10-18(16(13)20)14-8-6-7-11(2)12(14)3/h6-8,13H,5,9-10H2,1-4H3. The van der Waals surface area contributed by atoms with Gasteiger partial charge in [-0.15, -0.1) is 0 Å². The topological polar surface area (TPSA) is 40.6 Å². The first-order valence-electron chi connectivity index (χ1n) is 7.10. The minimum absolute atomic E-state index is 0.0645. The summed E-state index contributed by atoms with van der Waals surface area (Å²) in [6.45, 7) is 7.22. The van der Waals surface area contributed by atoms with Crippen LogP contribution in [0.15, 0.2) is 18.2 Å². The van der Waals surface area contributed by atoms with E-state index in [1.165, 1.54) is 0 Å². The first-order valence-corrected chi connectivity index (χ1v) is 7.10. The zero-order chi connectivity index (χ0) is 14.9. The highest BCUT2D eigenvalue weighted by Gasteiger charge is 2.39. The lowest BCUT2D eigenvalue weighted by atomic mass is 10.1. The van der Waals surface area contributed by atoms with E-state index in [4.69, 9.17) is 0 Å². The zero-order valence-corrected chi connectivity index (χ0v) is 12.6. The Bertz CT molecular complexity index is 539. The Morgan fingerprint density at radius 2 is 2.10 bits per heavy atom. The lowest BCUT2D eigenvalue weighted by Gasteiger charge is -2.21. The maximum Gasteiger partial charge on any atom is 0.239 e. The van der Waals surface area contributed by atoms with E-state index in [1.807, 2.05) is 39.0 Å². The third-order valence-corrected chi connectivity index (χ3v) is 4.22. The van der Waals surface area contributed by atoms with Crippen LogP contribution in [0, 0.1) is 19.8 Å². The Labute approximate surface area is 120 Å². The van der Waals surface area contributed by atoms with E-state index in [0.29, 0.717) is 19.5 Å². The number of aryl methyl sites for hydroxylation is 1. The maximum atomic E-state index is 12.5. The number of benzene rings is 1. The summed E-state index contributed by atoms with van der Waals surface area (Å²) in [5.41, 5.74) is 3.21. The van der Waals surface area contributed by atoms with E-state index in [2.05, 4.69) is 0 Å². The largest absolute Gasteiger partial charge is 0.345 e. The molecule has 2 rings (SSSR count). The van der Waals surface area contributed by atoms with Crippen LogP contribution in [0.5, 0.6) is 0 Å². The summed E-state index contributed by atoms with van der Waals surface area (Å²) >= 11 is 0. The van der Waals surface area contributed by atoms with Crippen molar-refractivity contribution >= 4 is 17.5 Å². The lowest BCUT2D eigenvalue weighted by molar-refractivity contribution is -0.138. The minimum atomic E-state index is -0.514. The molecule has 1 saturated heterocycles. The molecule has 1 fully saturated rings. The molecular weight excluding hydrogens is 252 g/mol. The van der Waals surface area contributed by atoms with Crippen LogP contribution in [0.4, 0.5) is 5.69 Å². The Hall–Kier alpha value is -1.84. The summed E-state index contributed by atoms with van der Waals surface area (Å²) in [6.07, 6.45) is 0.607. The molecule has 20 heavy (non-hydrogen) atoms. The summed E-state index contributed by atoms with van der Waals surface area (Å²) in [5, 5.41) is 0. The van der Waals surface area contributed by atoms with Crippen molar-refractivity contribution in [3.63, 3.8) is 0 Å². The van der Waals surface area contributed by atoms with E-state index in [9.17, 15) is 9.59 Å². The van der Waals surface area contributed by atoms with Gasteiger partial charge >= 0.3 is 0 Å². The normalized spacial score (nSPS) is 18.5. The van der Waals surface area contributed by atoms with Crippen LogP contribution in [-0.4, -0.2) is 36.9 Å². The van der Waals surface area contributed by atoms with Crippen LogP contribution in [0.25, 0.3) is 0 Å². The maximum absolute atomic E-state index is 12.5. The zero-order valence-electron chi connectivity index (χ0n) is 12.6. The van der Waals surface area contributed by atoms with Crippen LogP contribution in [-0.2, 0) is 9.59 Å². The number of anilines is 1. The van der Waals surface area contributed by atoms with E-state index in [0.717, 1.165) is 16.8 Å². The van der Waals surface area contributed by atoms with Crippen LogP contribution >= 0.6 is 0 Å². The van der Waals surface area contributed by atoms with Gasteiger partial charge in [-0.25, -0.2) is 0 Å². The summed E-state index contributed by atoms with van der Waals surface area (Å²) in [5.74, 6) is -0.644. The Kier molecular flexibility index (Phi) is 4.12. The highest BCUT2D eigenvalue weighted by atomic mass is 16.2. The molecule has 108 valence electrons. The molecule has 0 bridgehead atoms. The number of amides is 2. The van der Waals surface area contributed by atoms with Crippen LogP contribution in [0.2, 0.25) is 0 Å². The minimum Gasteiger partial charge on any atom is -0.345 e. The number of carbonyl (C=O) groups is 2. The second-order valence-corrected chi connectivity index (χ2v) is 5.40. The number of nitrogens with zero attached hydrogens (tertiary/aromatic N) is 2. The Morgan fingerprint density at radius 1 is 1.40 bits per heavy atom. The molecule has 1 aliphatic heterocycles. The first kappa shape index (κ1) is 14.6. The fourth-order valence-corrected chi connectivity index (χ4v) is 2.60. The van der Waals surface area contributed by atoms with Crippen molar-refractivity contribution in [1.29, 1.82) is 0 Å². The van der Waals surface area contributed by atoms with E-state index < -0.39 is 5.92 Å². The quantitative estimate of drug-likeness (QED) is 0.792. The van der Waals surface area contributed by atoms with Crippen LogP contribution in [0.1, 0.15) is 24.5 Å². The summed E-state index contributed by atoms with van der Waals surface area (Å²) in [7, 11) is 1.75. The fourth-order valence-electron chi connectivity index (χ4n) is 2.60. The summed E-state index contributed by atoms with van der Waals surface area (Å²) in [6, 6.07) is 5.95. The summed E-state index contributed by atoms with van der Waals surface area (Å²) < 4.78 is 0. The Balaban J connectivity index is 2.24. The van der Waals surface area contributed by atoms with Gasteiger partial charge < -0.3 is 9.80 Å². The monoisotopic (exact) mass is 274 g/mol. The van der Waals surface area contributed by atoms with Gasteiger partial charge in [-0.1, -0.05) is 12.1 Å². The molecule has 1 heterocycles.